The van der Waals surface area contributed by atoms with Crippen LogP contribution in [0.15, 0.2) is 18.3 Å². The second kappa shape index (κ2) is 7.30. The van der Waals surface area contributed by atoms with Crippen LogP contribution in [0.4, 0.5) is 0 Å². The van der Waals surface area contributed by atoms with Crippen molar-refractivity contribution >= 4 is 10.0 Å². The SMILES string of the molecule is COc1ccc(CNS(=O)(=O)CCCCO)cn1. The quantitative estimate of drug-likeness (QED) is 0.665. The van der Waals surface area contributed by atoms with E-state index in [0.717, 1.165) is 5.56 Å². The molecule has 0 radical (unpaired) electrons. The van der Waals surface area contributed by atoms with Crippen LogP contribution in [0.25, 0.3) is 0 Å². The summed E-state index contributed by atoms with van der Waals surface area (Å²) in [4.78, 5) is 3.98. The Bertz CT molecular complexity index is 445. The van der Waals surface area contributed by atoms with Gasteiger partial charge < -0.3 is 9.84 Å². The van der Waals surface area contributed by atoms with E-state index < -0.39 is 10.0 Å². The molecule has 2 N–H and O–H groups in total. The molecule has 0 amide bonds. The topological polar surface area (TPSA) is 88.5 Å². The molecular weight excluding hydrogens is 256 g/mol. The van der Waals surface area contributed by atoms with Gasteiger partial charge in [0.2, 0.25) is 15.9 Å². The number of pyridine rings is 1. The summed E-state index contributed by atoms with van der Waals surface area (Å²) < 4.78 is 30.5. The number of nitrogens with one attached hydrogen (secondary N) is 1. The first kappa shape index (κ1) is 14.9. The number of rotatable bonds is 8. The maximum atomic E-state index is 11.6. The molecule has 0 saturated carbocycles. The summed E-state index contributed by atoms with van der Waals surface area (Å²) in [6.07, 6.45) is 2.51. The number of aliphatic hydroxyl groups excluding tert-OH is 1. The van der Waals surface area contributed by atoms with Crippen LogP contribution >= 0.6 is 0 Å². The van der Waals surface area contributed by atoms with Gasteiger partial charge in [0.15, 0.2) is 0 Å². The Balaban J connectivity index is 2.43. The molecule has 1 rings (SSSR count). The molecule has 0 aliphatic heterocycles. The Hall–Kier alpha value is -1.18. The summed E-state index contributed by atoms with van der Waals surface area (Å²) in [5.74, 6) is 0.515. The Morgan fingerprint density at radius 1 is 1.39 bits per heavy atom. The van der Waals surface area contributed by atoms with Crippen molar-refractivity contribution in [2.45, 2.75) is 19.4 Å². The predicted octanol–water partition coefficient (Wildman–Crippen LogP) is 0.282. The van der Waals surface area contributed by atoms with E-state index in [-0.39, 0.29) is 18.9 Å². The van der Waals surface area contributed by atoms with Crippen molar-refractivity contribution < 1.29 is 18.3 Å². The van der Waals surface area contributed by atoms with Crippen LogP contribution in [0.3, 0.4) is 0 Å². The number of hydrogen-bond acceptors (Lipinski definition) is 5. The minimum atomic E-state index is -3.29. The van der Waals surface area contributed by atoms with E-state index in [2.05, 4.69) is 9.71 Å². The Morgan fingerprint density at radius 2 is 2.17 bits per heavy atom. The summed E-state index contributed by atoms with van der Waals surface area (Å²) in [6, 6.07) is 3.43. The van der Waals surface area contributed by atoms with Gasteiger partial charge in [0, 0.05) is 25.4 Å². The van der Waals surface area contributed by atoms with Crippen molar-refractivity contribution in [3.05, 3.63) is 23.9 Å². The van der Waals surface area contributed by atoms with Crippen LogP contribution in [0.2, 0.25) is 0 Å². The van der Waals surface area contributed by atoms with E-state index in [1.807, 2.05) is 0 Å². The lowest BCUT2D eigenvalue weighted by molar-refractivity contribution is 0.287. The van der Waals surface area contributed by atoms with Gasteiger partial charge in [-0.2, -0.15) is 0 Å². The van der Waals surface area contributed by atoms with Crippen LogP contribution in [0, 0.1) is 0 Å². The number of unbranched alkanes of at least 4 members (excludes halogenated alkanes) is 1. The van der Waals surface area contributed by atoms with Gasteiger partial charge in [-0.1, -0.05) is 6.07 Å². The lowest BCUT2D eigenvalue weighted by Crippen LogP contribution is -2.26. The molecule has 0 aliphatic rings. The number of sulfonamides is 1. The van der Waals surface area contributed by atoms with Crippen molar-refractivity contribution in [2.75, 3.05) is 19.5 Å². The molecule has 0 aromatic carbocycles. The third-order valence-corrected chi connectivity index (χ3v) is 3.73. The molecule has 1 heterocycles. The molecule has 0 saturated heterocycles. The van der Waals surface area contributed by atoms with Crippen molar-refractivity contribution in [3.8, 4) is 5.88 Å². The molecule has 102 valence electrons. The molecule has 0 unspecified atom stereocenters. The summed E-state index contributed by atoms with van der Waals surface area (Å²) >= 11 is 0. The van der Waals surface area contributed by atoms with Crippen molar-refractivity contribution in [2.24, 2.45) is 0 Å². The second-order valence-corrected chi connectivity index (χ2v) is 5.71. The summed E-state index contributed by atoms with van der Waals surface area (Å²) in [6.45, 7) is 0.219. The molecule has 7 heteroatoms. The molecule has 0 fully saturated rings. The van der Waals surface area contributed by atoms with Crippen molar-refractivity contribution in [3.63, 3.8) is 0 Å². The smallest absolute Gasteiger partial charge is 0.212 e. The zero-order valence-electron chi connectivity index (χ0n) is 10.3. The van der Waals surface area contributed by atoms with E-state index in [9.17, 15) is 8.42 Å². The number of nitrogens with zero attached hydrogens (tertiary/aromatic N) is 1. The first-order chi connectivity index (χ1) is 8.57. The minimum absolute atomic E-state index is 0.0118. The third-order valence-electron chi connectivity index (χ3n) is 2.32. The minimum Gasteiger partial charge on any atom is -0.481 e. The standard InChI is InChI=1S/C11H18N2O4S/c1-17-11-5-4-10(8-12-11)9-13-18(15,16)7-3-2-6-14/h4-5,8,13-14H,2-3,6-7,9H2,1H3. The molecule has 0 aliphatic carbocycles. The number of hydrogen-bond donors (Lipinski definition) is 2. The van der Waals surface area contributed by atoms with E-state index in [1.54, 1.807) is 18.3 Å². The fourth-order valence-electron chi connectivity index (χ4n) is 1.31. The molecule has 0 bridgehead atoms. The molecule has 0 spiro atoms. The van der Waals surface area contributed by atoms with Gasteiger partial charge in [0.25, 0.3) is 0 Å². The third kappa shape index (κ3) is 5.44. The highest BCUT2D eigenvalue weighted by Crippen LogP contribution is 2.06. The average molecular weight is 274 g/mol. The highest BCUT2D eigenvalue weighted by molar-refractivity contribution is 7.89. The van der Waals surface area contributed by atoms with Crippen LogP contribution in [-0.4, -0.2) is 38.0 Å². The number of ether oxygens (including phenoxy) is 1. The number of aromatic nitrogens is 1. The van der Waals surface area contributed by atoms with E-state index in [0.29, 0.717) is 18.7 Å². The Labute approximate surface area is 107 Å². The van der Waals surface area contributed by atoms with E-state index >= 15 is 0 Å². The molecule has 1 aromatic heterocycles. The van der Waals surface area contributed by atoms with Gasteiger partial charge in [-0.3, -0.25) is 0 Å². The lowest BCUT2D eigenvalue weighted by atomic mass is 10.3. The van der Waals surface area contributed by atoms with Crippen molar-refractivity contribution in [1.29, 1.82) is 0 Å². The highest BCUT2D eigenvalue weighted by Gasteiger charge is 2.09. The summed E-state index contributed by atoms with van der Waals surface area (Å²) in [7, 11) is -1.77. The van der Waals surface area contributed by atoms with Gasteiger partial charge >= 0.3 is 0 Å². The second-order valence-electron chi connectivity index (χ2n) is 3.78. The molecule has 1 aromatic rings. The zero-order valence-corrected chi connectivity index (χ0v) is 11.1. The first-order valence-electron chi connectivity index (χ1n) is 5.64. The molecule has 0 atom stereocenters. The van der Waals surface area contributed by atoms with Crippen LogP contribution in [-0.2, 0) is 16.6 Å². The Morgan fingerprint density at radius 3 is 2.72 bits per heavy atom. The van der Waals surface area contributed by atoms with Crippen molar-refractivity contribution in [1.82, 2.24) is 9.71 Å². The van der Waals surface area contributed by atoms with E-state index in [1.165, 1.54) is 7.11 Å². The highest BCUT2D eigenvalue weighted by atomic mass is 32.2. The fraction of sp³-hybridized carbons (Fsp3) is 0.545. The van der Waals surface area contributed by atoms with Gasteiger partial charge in [0.1, 0.15) is 0 Å². The zero-order chi connectivity index (χ0) is 13.4. The maximum Gasteiger partial charge on any atom is 0.212 e. The van der Waals surface area contributed by atoms with Gasteiger partial charge in [-0.15, -0.1) is 0 Å². The maximum absolute atomic E-state index is 11.6. The van der Waals surface area contributed by atoms with E-state index in [4.69, 9.17) is 9.84 Å². The van der Waals surface area contributed by atoms with Crippen LogP contribution < -0.4 is 9.46 Å². The molecule has 18 heavy (non-hydrogen) atoms. The predicted molar refractivity (Wildman–Crippen MR) is 67.7 cm³/mol. The first-order valence-corrected chi connectivity index (χ1v) is 7.30. The molecule has 6 nitrogen and oxygen atoms in total. The van der Waals surface area contributed by atoms with Crippen LogP contribution in [0.5, 0.6) is 5.88 Å². The normalized spacial score (nSPS) is 11.4. The number of methoxy groups -OCH3 is 1. The Kier molecular flexibility index (Phi) is 6.03. The van der Waals surface area contributed by atoms with Gasteiger partial charge in [-0.05, 0) is 18.4 Å². The van der Waals surface area contributed by atoms with Crippen LogP contribution in [0.1, 0.15) is 18.4 Å². The monoisotopic (exact) mass is 274 g/mol. The largest absolute Gasteiger partial charge is 0.481 e. The summed E-state index contributed by atoms with van der Waals surface area (Å²) in [5, 5.41) is 8.59. The van der Waals surface area contributed by atoms with Gasteiger partial charge in [0.05, 0.1) is 12.9 Å². The average Bonchev–Trinajstić information content (AvgIpc) is 2.37. The van der Waals surface area contributed by atoms with Gasteiger partial charge in [-0.25, -0.2) is 18.1 Å². The lowest BCUT2D eigenvalue weighted by Gasteiger charge is -2.06. The summed E-state index contributed by atoms with van der Waals surface area (Å²) in [5.41, 5.74) is 0.765. The molecular formula is C11H18N2O4S. The fourth-order valence-corrected chi connectivity index (χ4v) is 2.42. The number of aliphatic hydroxyl groups is 1.